The van der Waals surface area contributed by atoms with Gasteiger partial charge in [0.15, 0.2) is 0 Å². The number of carbonyl (C=O) groups excluding carboxylic acids is 1. The predicted octanol–water partition coefficient (Wildman–Crippen LogP) is 4.09. The first-order valence-electron chi connectivity index (χ1n) is 9.57. The van der Waals surface area contributed by atoms with Gasteiger partial charge in [0.1, 0.15) is 12.2 Å². The first kappa shape index (κ1) is 18.0. The van der Waals surface area contributed by atoms with E-state index in [0.717, 1.165) is 32.7 Å². The van der Waals surface area contributed by atoms with Gasteiger partial charge < -0.3 is 15.0 Å². The molecule has 0 atom stereocenters. The Morgan fingerprint density at radius 2 is 2.10 bits per heavy atom. The van der Waals surface area contributed by atoms with Crippen LogP contribution in [0.4, 0.5) is 10.5 Å². The molecule has 5 rings (SSSR count). The molecule has 1 aromatic carbocycles. The normalized spacial score (nSPS) is 17.2. The SMILES string of the molecule is O=C(O)N1CCN(c2cccc(-c3cnc4[nH]cc(C5CC5)c4c3Cl)c2)C(=O)C1. The van der Waals surface area contributed by atoms with Gasteiger partial charge in [-0.1, -0.05) is 23.7 Å². The molecule has 7 nitrogen and oxygen atoms in total. The van der Waals surface area contributed by atoms with Crippen LogP contribution in [0.15, 0.2) is 36.7 Å². The smallest absolute Gasteiger partial charge is 0.407 e. The standard InChI is InChI=1S/C21H19ClN4O3/c22-19-16(10-24-20-18(19)15(9-23-20)12-4-5-12)13-2-1-3-14(8-13)26-7-6-25(21(28)29)11-17(26)27/h1-3,8-10,12H,4-7,11H2,(H,23,24)(H,28,29). The van der Waals surface area contributed by atoms with Crippen LogP contribution >= 0.6 is 11.6 Å². The third kappa shape index (κ3) is 3.11. The lowest BCUT2D eigenvalue weighted by Gasteiger charge is -2.33. The molecule has 2 aromatic heterocycles. The van der Waals surface area contributed by atoms with Crippen molar-refractivity contribution in [2.45, 2.75) is 18.8 Å². The van der Waals surface area contributed by atoms with Gasteiger partial charge in [-0.3, -0.25) is 9.69 Å². The number of aromatic nitrogens is 2. The second kappa shape index (κ2) is 6.77. The van der Waals surface area contributed by atoms with Crippen LogP contribution in [0.1, 0.15) is 24.3 Å². The maximum Gasteiger partial charge on any atom is 0.407 e. The van der Waals surface area contributed by atoms with Gasteiger partial charge in [-0.25, -0.2) is 9.78 Å². The van der Waals surface area contributed by atoms with Gasteiger partial charge in [0.05, 0.1) is 5.02 Å². The molecular formula is C21H19ClN4O3. The number of pyridine rings is 1. The highest BCUT2D eigenvalue weighted by molar-refractivity contribution is 6.38. The van der Waals surface area contributed by atoms with Gasteiger partial charge in [0.2, 0.25) is 5.91 Å². The summed E-state index contributed by atoms with van der Waals surface area (Å²) in [4.78, 5) is 34.1. The van der Waals surface area contributed by atoms with Crippen molar-refractivity contribution in [2.24, 2.45) is 0 Å². The molecule has 8 heteroatoms. The highest BCUT2D eigenvalue weighted by Gasteiger charge is 2.29. The lowest BCUT2D eigenvalue weighted by Crippen LogP contribution is -2.52. The molecule has 1 saturated carbocycles. The van der Waals surface area contributed by atoms with E-state index in [9.17, 15) is 9.59 Å². The summed E-state index contributed by atoms with van der Waals surface area (Å²) in [7, 11) is 0. The van der Waals surface area contributed by atoms with Crippen LogP contribution < -0.4 is 4.90 Å². The largest absolute Gasteiger partial charge is 0.465 e. The molecular weight excluding hydrogens is 392 g/mol. The Balaban J connectivity index is 1.50. The molecule has 2 aliphatic rings. The molecule has 3 aromatic rings. The molecule has 2 N–H and O–H groups in total. The van der Waals surface area contributed by atoms with Crippen molar-refractivity contribution < 1.29 is 14.7 Å². The van der Waals surface area contributed by atoms with Crippen LogP contribution in [0.5, 0.6) is 0 Å². The van der Waals surface area contributed by atoms with E-state index >= 15 is 0 Å². The van der Waals surface area contributed by atoms with Crippen LogP contribution in [0, 0.1) is 0 Å². The molecule has 3 heterocycles. The zero-order chi connectivity index (χ0) is 20.1. The fourth-order valence-corrected chi connectivity index (χ4v) is 4.30. The first-order chi connectivity index (χ1) is 14.0. The fourth-order valence-electron chi connectivity index (χ4n) is 3.95. The van der Waals surface area contributed by atoms with Gasteiger partial charge in [-0.2, -0.15) is 0 Å². The van der Waals surface area contributed by atoms with E-state index in [1.807, 2.05) is 30.5 Å². The van der Waals surface area contributed by atoms with E-state index in [1.165, 1.54) is 18.4 Å². The number of piperazine rings is 1. The highest BCUT2D eigenvalue weighted by atomic mass is 35.5. The van der Waals surface area contributed by atoms with Gasteiger partial charge in [0.25, 0.3) is 0 Å². The minimum atomic E-state index is -1.07. The van der Waals surface area contributed by atoms with Crippen LogP contribution in [-0.2, 0) is 4.79 Å². The number of carbonyl (C=O) groups is 2. The van der Waals surface area contributed by atoms with E-state index in [1.54, 1.807) is 11.1 Å². The predicted molar refractivity (Wildman–Crippen MR) is 110 cm³/mol. The number of amides is 2. The Bertz CT molecular complexity index is 1140. The van der Waals surface area contributed by atoms with Gasteiger partial charge in [-0.05, 0) is 42.0 Å². The van der Waals surface area contributed by atoms with Gasteiger partial charge >= 0.3 is 6.09 Å². The van der Waals surface area contributed by atoms with Gasteiger partial charge in [0, 0.05) is 42.1 Å². The van der Waals surface area contributed by atoms with E-state index in [2.05, 4.69) is 9.97 Å². The molecule has 0 spiro atoms. The molecule has 29 heavy (non-hydrogen) atoms. The number of hydrogen-bond donors (Lipinski definition) is 2. The van der Waals surface area contributed by atoms with Crippen LogP contribution in [0.25, 0.3) is 22.2 Å². The maximum absolute atomic E-state index is 12.5. The average molecular weight is 411 g/mol. The van der Waals surface area contributed by atoms with Crippen molar-refractivity contribution in [2.75, 3.05) is 24.5 Å². The third-order valence-electron chi connectivity index (χ3n) is 5.65. The summed E-state index contributed by atoms with van der Waals surface area (Å²) < 4.78 is 0. The molecule has 0 unspecified atom stereocenters. The molecule has 2 fully saturated rings. The van der Waals surface area contributed by atoms with Crippen molar-refractivity contribution in [3.05, 3.63) is 47.2 Å². The van der Waals surface area contributed by atoms with Crippen molar-refractivity contribution in [3.8, 4) is 11.1 Å². The second-order valence-electron chi connectivity index (χ2n) is 7.53. The lowest BCUT2D eigenvalue weighted by atomic mass is 10.0. The Kier molecular flexibility index (Phi) is 4.20. The number of nitrogens with zero attached hydrogens (tertiary/aromatic N) is 3. The minimum Gasteiger partial charge on any atom is -0.465 e. The Hall–Kier alpha value is -3.06. The number of benzene rings is 1. The Morgan fingerprint density at radius 1 is 1.28 bits per heavy atom. The quantitative estimate of drug-likeness (QED) is 0.680. The number of carboxylic acid groups (broad SMARTS) is 1. The van der Waals surface area contributed by atoms with E-state index in [4.69, 9.17) is 16.7 Å². The minimum absolute atomic E-state index is 0.137. The number of H-pyrrole nitrogens is 1. The first-order valence-corrected chi connectivity index (χ1v) is 9.95. The number of hydrogen-bond acceptors (Lipinski definition) is 3. The molecule has 0 bridgehead atoms. The number of halogens is 1. The molecule has 1 aliphatic heterocycles. The lowest BCUT2D eigenvalue weighted by molar-refractivity contribution is -0.120. The molecule has 148 valence electrons. The molecule has 2 amide bonds. The zero-order valence-corrected chi connectivity index (χ0v) is 16.3. The molecule has 1 aliphatic carbocycles. The molecule has 1 saturated heterocycles. The maximum atomic E-state index is 12.5. The number of anilines is 1. The number of fused-ring (bicyclic) bond motifs is 1. The van der Waals surface area contributed by atoms with Gasteiger partial charge in [-0.15, -0.1) is 0 Å². The van der Waals surface area contributed by atoms with E-state index in [-0.39, 0.29) is 19.0 Å². The number of nitrogens with one attached hydrogen (secondary N) is 1. The Morgan fingerprint density at radius 3 is 2.83 bits per heavy atom. The van der Waals surface area contributed by atoms with Crippen molar-refractivity contribution >= 4 is 40.3 Å². The van der Waals surface area contributed by atoms with Crippen molar-refractivity contribution in [1.82, 2.24) is 14.9 Å². The van der Waals surface area contributed by atoms with Crippen molar-refractivity contribution in [3.63, 3.8) is 0 Å². The van der Waals surface area contributed by atoms with Crippen LogP contribution in [-0.4, -0.2) is 51.6 Å². The molecule has 0 radical (unpaired) electrons. The average Bonchev–Trinajstić information content (AvgIpc) is 3.47. The highest BCUT2D eigenvalue weighted by Crippen LogP contribution is 2.46. The fraction of sp³-hybridized carbons (Fsp3) is 0.286. The number of rotatable bonds is 3. The summed E-state index contributed by atoms with van der Waals surface area (Å²) in [5.74, 6) is 0.310. The second-order valence-corrected chi connectivity index (χ2v) is 7.91. The summed E-state index contributed by atoms with van der Waals surface area (Å²) in [6, 6.07) is 7.58. The monoisotopic (exact) mass is 410 g/mol. The summed E-state index contributed by atoms with van der Waals surface area (Å²) in [5, 5.41) is 10.7. The summed E-state index contributed by atoms with van der Waals surface area (Å²) in [5.41, 5.74) is 4.43. The number of aromatic amines is 1. The topological polar surface area (TPSA) is 89.5 Å². The zero-order valence-electron chi connectivity index (χ0n) is 15.6. The summed E-state index contributed by atoms with van der Waals surface area (Å²) >= 11 is 6.80. The summed E-state index contributed by atoms with van der Waals surface area (Å²) in [6.07, 6.45) is 5.03. The van der Waals surface area contributed by atoms with Crippen LogP contribution in [0.2, 0.25) is 5.02 Å². The van der Waals surface area contributed by atoms with Crippen molar-refractivity contribution in [1.29, 1.82) is 0 Å². The Labute approximate surface area is 171 Å². The third-order valence-corrected chi connectivity index (χ3v) is 6.04. The van der Waals surface area contributed by atoms with E-state index in [0.29, 0.717) is 17.5 Å². The van der Waals surface area contributed by atoms with E-state index < -0.39 is 6.09 Å². The summed E-state index contributed by atoms with van der Waals surface area (Å²) in [6.45, 7) is 0.471. The van der Waals surface area contributed by atoms with Crippen LogP contribution in [0.3, 0.4) is 0 Å².